The number of nitrogens with one attached hydrogen (secondary N) is 2. The Morgan fingerprint density at radius 1 is 0.757 bits per heavy atom. The number of benzene rings is 4. The lowest BCUT2D eigenvalue weighted by molar-refractivity contribution is -0.165. The maximum atomic E-state index is 14.5. The Morgan fingerprint density at radius 2 is 1.50 bits per heavy atom. The molecule has 7 aromatic rings. The van der Waals surface area contributed by atoms with Crippen LogP contribution in [0.1, 0.15) is 122 Å². The first-order valence-electron chi connectivity index (χ1n) is 26.6. The van der Waals surface area contributed by atoms with Gasteiger partial charge in [0.1, 0.15) is 30.0 Å². The minimum absolute atomic E-state index is 0.189. The summed E-state index contributed by atoms with van der Waals surface area (Å²) in [6, 6.07) is 43.1. The third-order valence-electron chi connectivity index (χ3n) is 15.0. The van der Waals surface area contributed by atoms with Gasteiger partial charge in [0, 0.05) is 43.3 Å². The van der Waals surface area contributed by atoms with Crippen LogP contribution < -0.4 is 35.4 Å². The summed E-state index contributed by atoms with van der Waals surface area (Å²) in [5.74, 6) is 2.77. The smallest absolute Gasteiger partial charge is 0.320 e. The lowest BCUT2D eigenvalue weighted by Gasteiger charge is -2.44. The molecule has 0 radical (unpaired) electrons. The molecule has 2 saturated heterocycles. The maximum Gasteiger partial charge on any atom is 0.320 e. The van der Waals surface area contributed by atoms with Crippen LogP contribution in [-0.4, -0.2) is 84.0 Å². The van der Waals surface area contributed by atoms with E-state index in [0.717, 1.165) is 85.1 Å². The predicted molar refractivity (Wildman–Crippen MR) is 293 cm³/mol. The van der Waals surface area contributed by atoms with Gasteiger partial charge >= 0.3 is 6.03 Å². The number of aromatic nitrogens is 5. The van der Waals surface area contributed by atoms with Crippen molar-refractivity contribution < 1.29 is 28.2 Å². The molecule has 10 rings (SSSR count). The van der Waals surface area contributed by atoms with E-state index < -0.39 is 13.7 Å². The number of nitrogens with zero attached hydrogens (tertiary/aromatic N) is 6. The average molecular weight is 1020 g/mol. The highest BCUT2D eigenvalue weighted by Gasteiger charge is 2.51. The number of anilines is 2. The summed E-state index contributed by atoms with van der Waals surface area (Å²) < 4.78 is 36.1. The van der Waals surface area contributed by atoms with Gasteiger partial charge in [-0.1, -0.05) is 126 Å². The molecule has 0 bridgehead atoms. The Morgan fingerprint density at radius 3 is 2.23 bits per heavy atom. The maximum absolute atomic E-state index is 14.5. The molecule has 2 amide bonds. The highest BCUT2D eigenvalue weighted by molar-refractivity contribution is 6.99. The Balaban J connectivity index is 0.899. The topological polar surface area (TPSA) is 139 Å². The van der Waals surface area contributed by atoms with Crippen LogP contribution in [0, 0.1) is 0 Å². The second-order valence-corrected chi connectivity index (χ2v) is 26.1. The van der Waals surface area contributed by atoms with Gasteiger partial charge in [-0.05, 0) is 109 Å². The minimum Gasteiger partial charge on any atom is -0.491 e. The Labute approximate surface area is 436 Å². The fraction of sp³-hybridized carbons (Fsp3) is 0.424. The molecule has 15 heteroatoms. The van der Waals surface area contributed by atoms with Gasteiger partial charge in [0.05, 0.1) is 30.2 Å². The van der Waals surface area contributed by atoms with Crippen molar-refractivity contribution >= 4 is 42.1 Å². The van der Waals surface area contributed by atoms with Crippen LogP contribution in [0.2, 0.25) is 5.04 Å². The molecule has 4 aromatic carbocycles. The number of fused-ring (bicyclic) bond motifs is 2. The molecule has 3 aliphatic rings. The zero-order valence-corrected chi connectivity index (χ0v) is 44.8. The first-order valence-corrected chi connectivity index (χ1v) is 28.5. The molecule has 0 saturated carbocycles. The monoisotopic (exact) mass is 1020 g/mol. The average Bonchev–Trinajstić information content (AvgIpc) is 4.04. The quantitative estimate of drug-likeness (QED) is 0.0670. The fourth-order valence-corrected chi connectivity index (χ4v) is 15.8. The first kappa shape index (κ1) is 51.0. The summed E-state index contributed by atoms with van der Waals surface area (Å²) in [6.07, 6.45) is 9.55. The van der Waals surface area contributed by atoms with E-state index in [4.69, 9.17) is 28.5 Å². The molecule has 2 fully saturated rings. The Kier molecular flexibility index (Phi) is 15.2. The van der Waals surface area contributed by atoms with Crippen molar-refractivity contribution in [3.05, 3.63) is 150 Å². The Hall–Kier alpha value is -6.52. The molecule has 3 aromatic heterocycles. The predicted octanol–water partition coefficient (Wildman–Crippen LogP) is 10.8. The molecule has 74 heavy (non-hydrogen) atoms. The van der Waals surface area contributed by atoms with Gasteiger partial charge in [-0.3, -0.25) is 9.72 Å². The molecule has 2 aliphatic heterocycles. The number of carbonyl (C=O) groups is 1. The Bertz CT molecular complexity index is 2950. The normalized spacial score (nSPS) is 19.5. The summed E-state index contributed by atoms with van der Waals surface area (Å²) >= 11 is 0. The van der Waals surface area contributed by atoms with E-state index in [9.17, 15) is 4.79 Å². The molecule has 4 atom stereocenters. The van der Waals surface area contributed by atoms with Gasteiger partial charge in [-0.15, -0.1) is 10.2 Å². The molecule has 5 heterocycles. The lowest BCUT2D eigenvalue weighted by Crippen LogP contribution is -2.67. The van der Waals surface area contributed by atoms with Gasteiger partial charge in [0.15, 0.2) is 11.9 Å². The number of rotatable bonds is 17. The summed E-state index contributed by atoms with van der Waals surface area (Å²) in [7, 11) is -2.89. The number of ether oxygens (including phenoxy) is 4. The molecule has 1 aliphatic carbocycles. The SMILES string of the molecule is C[C@H]1CCCCN1c1nnc2ccc(O[C@@H]3CC[C@H](NC(=O)Nc4cc(C(C)(C)CO[Si](c5ccccc5)(c5ccccc5)C(C)(C)C)nn4-c4cccc(OCCOC5CCCCO5)c4)c4ccccc43)cn12. The van der Waals surface area contributed by atoms with Crippen LogP contribution in [0.25, 0.3) is 11.3 Å². The van der Waals surface area contributed by atoms with Crippen molar-refractivity contribution in [3.63, 3.8) is 0 Å². The van der Waals surface area contributed by atoms with E-state index in [1.165, 1.54) is 16.8 Å². The van der Waals surface area contributed by atoms with Crippen LogP contribution >= 0.6 is 0 Å². The van der Waals surface area contributed by atoms with Crippen LogP contribution in [-0.2, 0) is 19.3 Å². The second kappa shape index (κ2) is 22.1. The number of hydrogen-bond acceptors (Lipinski definition) is 10. The molecule has 14 nitrogen and oxygen atoms in total. The minimum atomic E-state index is -2.89. The van der Waals surface area contributed by atoms with Gasteiger partial charge in [-0.2, -0.15) is 5.10 Å². The lowest BCUT2D eigenvalue weighted by atomic mass is 9.85. The van der Waals surface area contributed by atoms with Crippen LogP contribution in [0.3, 0.4) is 0 Å². The van der Waals surface area contributed by atoms with Crippen LogP contribution in [0.15, 0.2) is 134 Å². The largest absolute Gasteiger partial charge is 0.491 e. The standard InChI is InChI=1S/C59H72N8O6Si/c1-42-20-15-17-34-65(42)57-63-62-53-33-30-45(40-66(53)57)73-51-32-31-50(48-27-13-14-28-49(48)51)60-56(68)61-54-39-52(64-67(54)43-21-19-22-44(38-43)69-36-37-71-55-29-16-18-35-70-55)59(5,6)41-72-74(58(2,3)4,46-23-9-7-10-24-46)47-25-11-8-12-26-47/h7-14,19,21-28,30,33,38-40,42,50-51,55H,15-18,20,29,31-32,34-37,41H2,1-6H3,(H2,60,61,68)/t42-,50-,51+,55?/m0/s1. The number of urea groups is 1. The number of hydrogen-bond donors (Lipinski definition) is 2. The van der Waals surface area contributed by atoms with Crippen molar-refractivity contribution in [1.29, 1.82) is 0 Å². The third-order valence-corrected chi connectivity index (χ3v) is 20.0. The fourth-order valence-electron chi connectivity index (χ4n) is 11.0. The van der Waals surface area contributed by atoms with E-state index in [1.54, 1.807) is 4.68 Å². The van der Waals surface area contributed by atoms with E-state index >= 15 is 0 Å². The van der Waals surface area contributed by atoms with E-state index in [-0.39, 0.29) is 29.5 Å². The van der Waals surface area contributed by atoms with Crippen molar-refractivity contribution in [2.24, 2.45) is 0 Å². The number of amides is 2. The molecule has 388 valence electrons. The van der Waals surface area contributed by atoms with Crippen molar-refractivity contribution in [2.45, 2.75) is 128 Å². The first-order chi connectivity index (χ1) is 35.9. The van der Waals surface area contributed by atoms with Crippen LogP contribution in [0.5, 0.6) is 11.5 Å². The van der Waals surface area contributed by atoms with Crippen molar-refractivity contribution in [3.8, 4) is 17.2 Å². The molecular weight excluding hydrogens is 945 g/mol. The number of piperidine rings is 1. The second-order valence-electron chi connectivity index (χ2n) is 21.8. The van der Waals surface area contributed by atoms with Gasteiger partial charge < -0.3 is 33.6 Å². The zero-order valence-electron chi connectivity index (χ0n) is 43.8. The number of pyridine rings is 1. The van der Waals surface area contributed by atoms with Gasteiger partial charge in [0.2, 0.25) is 5.95 Å². The van der Waals surface area contributed by atoms with Crippen molar-refractivity contribution in [1.82, 2.24) is 29.7 Å². The molecular formula is C59H72N8O6Si. The summed E-state index contributed by atoms with van der Waals surface area (Å²) in [6.45, 7) is 16.3. The third kappa shape index (κ3) is 11.0. The van der Waals surface area contributed by atoms with E-state index in [1.807, 2.05) is 65.2 Å². The van der Waals surface area contributed by atoms with Gasteiger partial charge in [0.25, 0.3) is 8.32 Å². The molecule has 2 N–H and O–H groups in total. The van der Waals surface area contributed by atoms with Gasteiger partial charge in [-0.25, -0.2) is 9.48 Å². The van der Waals surface area contributed by atoms with E-state index in [2.05, 4.69) is 140 Å². The number of carbonyl (C=O) groups excluding carboxylic acids is 1. The zero-order chi connectivity index (χ0) is 51.3. The summed E-state index contributed by atoms with van der Waals surface area (Å²) in [5, 5.41) is 23.1. The van der Waals surface area contributed by atoms with Crippen LogP contribution in [0.4, 0.5) is 16.6 Å². The summed E-state index contributed by atoms with van der Waals surface area (Å²) in [4.78, 5) is 16.8. The highest BCUT2D eigenvalue weighted by atomic mass is 28.4. The molecule has 0 spiro atoms. The summed E-state index contributed by atoms with van der Waals surface area (Å²) in [5.41, 5.74) is 3.75. The highest BCUT2D eigenvalue weighted by Crippen LogP contribution is 2.41. The van der Waals surface area contributed by atoms with E-state index in [0.29, 0.717) is 50.3 Å². The van der Waals surface area contributed by atoms with Crippen molar-refractivity contribution in [2.75, 3.05) is 43.2 Å². The molecule has 1 unspecified atom stereocenters.